The zero-order valence-corrected chi connectivity index (χ0v) is 31.8. The van der Waals surface area contributed by atoms with Gasteiger partial charge in [-0.15, -0.1) is 10.2 Å². The molecule has 0 aliphatic heterocycles. The summed E-state index contributed by atoms with van der Waals surface area (Å²) in [5.41, 5.74) is 8.14. The number of benzene rings is 4. The number of aryl methyl sites for hydroxylation is 2. The van der Waals surface area contributed by atoms with E-state index < -0.39 is 0 Å². The van der Waals surface area contributed by atoms with Crippen LogP contribution in [0.5, 0.6) is 0 Å². The van der Waals surface area contributed by atoms with Crippen LogP contribution in [0, 0.1) is 0 Å². The number of imidazole rings is 2. The van der Waals surface area contributed by atoms with Crippen LogP contribution in [0.1, 0.15) is 100 Å². The van der Waals surface area contributed by atoms with Crippen molar-refractivity contribution in [1.82, 2.24) is 19.3 Å². The summed E-state index contributed by atoms with van der Waals surface area (Å²) >= 11 is 0. The highest BCUT2D eigenvalue weighted by Crippen LogP contribution is 2.28. The maximum absolute atomic E-state index is 4.89. The van der Waals surface area contributed by atoms with E-state index in [2.05, 4.69) is 72.6 Å². The van der Waals surface area contributed by atoms with Crippen LogP contribution in [0.3, 0.4) is 0 Å². The summed E-state index contributed by atoms with van der Waals surface area (Å²) in [4.78, 5) is 9.77. The van der Waals surface area contributed by atoms with Crippen LogP contribution in [0.15, 0.2) is 142 Å². The van der Waals surface area contributed by atoms with Gasteiger partial charge in [0, 0.05) is 11.1 Å². The molecule has 0 amide bonds. The molecule has 2 aromatic heterocycles. The molecule has 54 heavy (non-hydrogen) atoms. The average molecular weight is 717 g/mol. The first-order valence-corrected chi connectivity index (χ1v) is 19.7. The van der Waals surface area contributed by atoms with E-state index in [1.165, 1.54) is 75.3 Å². The quantitative estimate of drug-likeness (QED) is 0.0447. The fourth-order valence-corrected chi connectivity index (χ4v) is 6.28. The largest absolute Gasteiger partial charge is 0.270 e. The predicted octanol–water partition coefficient (Wildman–Crippen LogP) is 12.6. The molecule has 0 unspecified atom stereocenters. The Morgan fingerprint density at radius 1 is 0.463 bits per heavy atom. The summed E-state index contributed by atoms with van der Waals surface area (Å²) in [7, 11) is 0. The van der Waals surface area contributed by atoms with Gasteiger partial charge in [-0.25, -0.2) is 19.3 Å². The third kappa shape index (κ3) is 11.4. The Hall–Kier alpha value is -5.76. The maximum Gasteiger partial charge on any atom is 0.270 e. The van der Waals surface area contributed by atoms with Gasteiger partial charge in [0.2, 0.25) is 0 Å². The van der Waals surface area contributed by atoms with Gasteiger partial charge < -0.3 is 0 Å². The van der Waals surface area contributed by atoms with Crippen LogP contribution in [-0.2, 0) is 12.8 Å². The molecule has 8 nitrogen and oxygen atoms in total. The molecule has 0 aliphatic rings. The third-order valence-corrected chi connectivity index (χ3v) is 9.47. The topological polar surface area (TPSA) is 85.1 Å². The number of hydrogen-bond donors (Lipinski definition) is 0. The zero-order valence-electron chi connectivity index (χ0n) is 31.8. The molecule has 0 saturated carbocycles. The van der Waals surface area contributed by atoms with Crippen molar-refractivity contribution in [3.8, 4) is 22.5 Å². The molecule has 4 aromatic carbocycles. The Morgan fingerprint density at radius 2 is 0.852 bits per heavy atom. The fraction of sp³-hybridized carbons (Fsp3) is 0.304. The zero-order chi connectivity index (χ0) is 37.2. The van der Waals surface area contributed by atoms with E-state index in [0.717, 1.165) is 46.5 Å². The van der Waals surface area contributed by atoms with E-state index in [4.69, 9.17) is 20.2 Å². The first-order chi connectivity index (χ1) is 26.7. The second-order valence-corrected chi connectivity index (χ2v) is 13.8. The van der Waals surface area contributed by atoms with E-state index in [-0.39, 0.29) is 0 Å². The molecule has 0 fully saturated rings. The number of azo groups is 1. The van der Waals surface area contributed by atoms with Gasteiger partial charge in [-0.1, -0.05) is 174 Å². The van der Waals surface area contributed by atoms with Crippen molar-refractivity contribution in [3.05, 3.63) is 144 Å². The summed E-state index contributed by atoms with van der Waals surface area (Å²) in [6.07, 6.45) is 22.3. The van der Waals surface area contributed by atoms with Gasteiger partial charge in [-0.3, -0.25) is 0 Å². The lowest BCUT2D eigenvalue weighted by atomic mass is 10.0. The predicted molar refractivity (Wildman–Crippen MR) is 223 cm³/mol. The molecule has 0 atom stereocenters. The smallest absolute Gasteiger partial charge is 0.208 e. The van der Waals surface area contributed by atoms with Crippen molar-refractivity contribution in [1.29, 1.82) is 0 Å². The third-order valence-electron chi connectivity index (χ3n) is 9.47. The van der Waals surface area contributed by atoms with Gasteiger partial charge in [-0.2, -0.15) is 10.2 Å². The number of nitrogens with zero attached hydrogens (tertiary/aromatic N) is 8. The SMILES string of the molecule is CCCCCCCc1ccc(-c2cn(/N=C/c3ccccc3)c(/N=N/c3nc(-c4ccc(CCCCCCC)cc4)cn3/N=C/c3ccccc3)n2)cc1. The highest BCUT2D eigenvalue weighted by molar-refractivity contribution is 5.80. The monoisotopic (exact) mass is 716 g/mol. The van der Waals surface area contributed by atoms with E-state index in [1.54, 1.807) is 21.8 Å². The Kier molecular flexibility index (Phi) is 14.4. The number of rotatable bonds is 20. The van der Waals surface area contributed by atoms with E-state index >= 15 is 0 Å². The van der Waals surface area contributed by atoms with Crippen LogP contribution in [0.25, 0.3) is 22.5 Å². The normalized spacial score (nSPS) is 11.8. The summed E-state index contributed by atoms with van der Waals surface area (Å²) in [5, 5.41) is 18.7. The molecule has 0 bridgehead atoms. The Labute approximate surface area is 320 Å². The van der Waals surface area contributed by atoms with Gasteiger partial charge in [0.25, 0.3) is 11.9 Å². The Balaban J connectivity index is 1.27. The molecule has 2 heterocycles. The second-order valence-electron chi connectivity index (χ2n) is 13.8. The highest BCUT2D eigenvalue weighted by atomic mass is 15.5. The van der Waals surface area contributed by atoms with Gasteiger partial charge in [0.05, 0.1) is 36.2 Å². The van der Waals surface area contributed by atoms with Crippen molar-refractivity contribution in [2.24, 2.45) is 20.4 Å². The van der Waals surface area contributed by atoms with Gasteiger partial charge >= 0.3 is 0 Å². The summed E-state index contributed by atoms with van der Waals surface area (Å²) in [6.45, 7) is 4.51. The molecule has 0 saturated heterocycles. The highest BCUT2D eigenvalue weighted by Gasteiger charge is 2.13. The molecule has 276 valence electrons. The van der Waals surface area contributed by atoms with Crippen LogP contribution in [0.2, 0.25) is 0 Å². The second kappa shape index (κ2) is 20.5. The lowest BCUT2D eigenvalue weighted by Crippen LogP contribution is -1.90. The van der Waals surface area contributed by atoms with Crippen LogP contribution in [0.4, 0.5) is 11.9 Å². The minimum absolute atomic E-state index is 0.337. The first kappa shape index (κ1) is 38.0. The van der Waals surface area contributed by atoms with Crippen molar-refractivity contribution in [2.75, 3.05) is 0 Å². The lowest BCUT2D eigenvalue weighted by molar-refractivity contribution is 0.632. The van der Waals surface area contributed by atoms with E-state index in [9.17, 15) is 0 Å². The maximum atomic E-state index is 4.89. The average Bonchev–Trinajstić information content (AvgIpc) is 3.83. The molecule has 6 rings (SSSR count). The van der Waals surface area contributed by atoms with Crippen molar-refractivity contribution in [2.45, 2.75) is 90.9 Å². The molecule has 8 heteroatoms. The first-order valence-electron chi connectivity index (χ1n) is 19.7. The minimum atomic E-state index is 0.337. The number of aromatic nitrogens is 4. The van der Waals surface area contributed by atoms with Gasteiger partial charge in [0.15, 0.2) is 0 Å². The Morgan fingerprint density at radius 3 is 1.24 bits per heavy atom. The molecule has 6 aromatic rings. The van der Waals surface area contributed by atoms with E-state index in [0.29, 0.717) is 11.9 Å². The van der Waals surface area contributed by atoms with Gasteiger partial charge in [-0.05, 0) is 47.9 Å². The molecule has 0 radical (unpaired) electrons. The summed E-state index contributed by atoms with van der Waals surface area (Å²) in [6, 6.07) is 37.3. The molecular formula is C46H52N8. The molecule has 0 N–H and O–H groups in total. The van der Waals surface area contributed by atoms with E-state index in [1.807, 2.05) is 73.1 Å². The molecule has 0 aliphatic carbocycles. The van der Waals surface area contributed by atoms with Crippen LogP contribution >= 0.6 is 0 Å². The van der Waals surface area contributed by atoms with Crippen molar-refractivity contribution < 1.29 is 0 Å². The molecule has 0 spiro atoms. The standard InChI is InChI=1S/C46H52N8/c1-3-5-7-9-13-19-37-25-29-41(30-26-37)43-35-53(47-33-39-21-15-11-16-22-39)45(49-43)51-52-46-50-44(36-54(46)48-34-40-23-17-12-18-24-40)42-31-27-38(28-32-42)20-14-10-8-6-4-2/h11-12,15-18,21-36H,3-10,13-14,19-20H2,1-2H3/b47-33+,48-34+,52-51+. The number of unbranched alkanes of at least 4 members (excludes halogenated alkanes) is 8. The van der Waals surface area contributed by atoms with Crippen molar-refractivity contribution >= 4 is 24.3 Å². The Bertz CT molecular complexity index is 1920. The van der Waals surface area contributed by atoms with Gasteiger partial charge in [0.1, 0.15) is 0 Å². The summed E-state index contributed by atoms with van der Waals surface area (Å²) < 4.78 is 3.33. The number of hydrogen-bond acceptors (Lipinski definition) is 6. The molecular weight excluding hydrogens is 665 g/mol. The lowest BCUT2D eigenvalue weighted by Gasteiger charge is -2.03. The summed E-state index contributed by atoms with van der Waals surface area (Å²) in [5.74, 6) is 0.673. The minimum Gasteiger partial charge on any atom is -0.208 e. The van der Waals surface area contributed by atoms with Crippen LogP contribution in [-0.4, -0.2) is 31.7 Å². The van der Waals surface area contributed by atoms with Crippen molar-refractivity contribution in [3.63, 3.8) is 0 Å². The fourth-order valence-electron chi connectivity index (χ4n) is 6.28. The van der Waals surface area contributed by atoms with Crippen LogP contribution < -0.4 is 0 Å².